The van der Waals surface area contributed by atoms with Crippen molar-refractivity contribution in [2.24, 2.45) is 4.40 Å². The zero-order chi connectivity index (χ0) is 14.8. The molecule has 0 saturated heterocycles. The van der Waals surface area contributed by atoms with Crippen LogP contribution in [0.25, 0.3) is 0 Å². The molecule has 0 bridgehead atoms. The maximum absolute atomic E-state index is 14.0. The molecule has 1 heterocycles. The second kappa shape index (κ2) is 5.97. The van der Waals surface area contributed by atoms with Crippen molar-refractivity contribution in [1.82, 2.24) is 0 Å². The Labute approximate surface area is 125 Å². The molecular weight excluding hydrogens is 293 g/mol. The van der Waals surface area contributed by atoms with Gasteiger partial charge in [-0.25, -0.2) is 8.60 Å². The van der Waals surface area contributed by atoms with E-state index in [4.69, 9.17) is 0 Å². The smallest absolute Gasteiger partial charge is 0.145 e. The standard InChI is InChI=1S/C15H16FNOS2/c1-15(2,3)20(18)17-14(11-8-9-19-10-11)12-6-4-5-7-13(12)16/h4-10H,1-3H3/b17-14+. The van der Waals surface area contributed by atoms with Crippen LogP contribution >= 0.6 is 11.3 Å². The average molecular weight is 309 g/mol. The van der Waals surface area contributed by atoms with Gasteiger partial charge in [-0.05, 0) is 44.4 Å². The topological polar surface area (TPSA) is 29.4 Å². The molecule has 0 aliphatic heterocycles. The Bertz CT molecular complexity index is 642. The molecule has 5 heteroatoms. The van der Waals surface area contributed by atoms with Crippen molar-refractivity contribution in [2.75, 3.05) is 0 Å². The summed E-state index contributed by atoms with van der Waals surface area (Å²) in [6.07, 6.45) is 0. The first-order valence-corrected chi connectivity index (χ1v) is 8.22. The van der Waals surface area contributed by atoms with Gasteiger partial charge in [0.1, 0.15) is 16.8 Å². The number of rotatable bonds is 3. The molecule has 0 aliphatic carbocycles. The minimum Gasteiger partial charge on any atom is -0.234 e. The van der Waals surface area contributed by atoms with Crippen molar-refractivity contribution in [3.05, 3.63) is 58.0 Å². The van der Waals surface area contributed by atoms with Crippen LogP contribution in [0.2, 0.25) is 0 Å². The van der Waals surface area contributed by atoms with Gasteiger partial charge in [0.2, 0.25) is 0 Å². The highest BCUT2D eigenvalue weighted by Crippen LogP contribution is 2.20. The minimum absolute atomic E-state index is 0.358. The first kappa shape index (κ1) is 15.1. The molecular formula is C15H16FNOS2. The third-order valence-electron chi connectivity index (χ3n) is 2.62. The normalized spacial score (nSPS) is 14.3. The van der Waals surface area contributed by atoms with E-state index >= 15 is 0 Å². The van der Waals surface area contributed by atoms with E-state index in [1.54, 1.807) is 18.2 Å². The van der Waals surface area contributed by atoms with E-state index in [-0.39, 0.29) is 5.82 Å². The molecule has 0 N–H and O–H groups in total. The fraction of sp³-hybridized carbons (Fsp3) is 0.267. The molecule has 0 amide bonds. The van der Waals surface area contributed by atoms with Crippen LogP contribution in [0.15, 0.2) is 45.5 Å². The van der Waals surface area contributed by atoms with Crippen molar-refractivity contribution in [3.63, 3.8) is 0 Å². The molecule has 0 saturated carbocycles. The summed E-state index contributed by atoms with van der Waals surface area (Å²) >= 11 is 1.50. The van der Waals surface area contributed by atoms with Crippen molar-refractivity contribution in [1.29, 1.82) is 0 Å². The molecule has 1 atom stereocenters. The van der Waals surface area contributed by atoms with Crippen LogP contribution in [0.5, 0.6) is 0 Å². The molecule has 1 aromatic heterocycles. The zero-order valence-corrected chi connectivity index (χ0v) is 13.2. The van der Waals surface area contributed by atoms with Crippen LogP contribution in [0.3, 0.4) is 0 Å². The maximum Gasteiger partial charge on any atom is 0.145 e. The molecule has 0 spiro atoms. The predicted octanol–water partition coefficient (Wildman–Crippen LogP) is 4.19. The number of hydrogen-bond acceptors (Lipinski definition) is 2. The summed E-state index contributed by atoms with van der Waals surface area (Å²) in [7, 11) is -1.43. The highest BCUT2D eigenvalue weighted by Gasteiger charge is 2.21. The van der Waals surface area contributed by atoms with Gasteiger partial charge in [-0.15, -0.1) is 0 Å². The summed E-state index contributed by atoms with van der Waals surface area (Å²) < 4.78 is 30.1. The van der Waals surface area contributed by atoms with E-state index in [0.29, 0.717) is 11.3 Å². The van der Waals surface area contributed by atoms with Gasteiger partial charge >= 0.3 is 0 Å². The fourth-order valence-corrected chi connectivity index (χ4v) is 2.81. The van der Waals surface area contributed by atoms with E-state index in [1.165, 1.54) is 17.4 Å². The van der Waals surface area contributed by atoms with E-state index < -0.39 is 15.7 Å². The van der Waals surface area contributed by atoms with Crippen LogP contribution in [0, 0.1) is 5.82 Å². The summed E-state index contributed by atoms with van der Waals surface area (Å²) in [4.78, 5) is 0. The summed E-state index contributed by atoms with van der Waals surface area (Å²) in [6.45, 7) is 5.54. The molecule has 0 fully saturated rings. The lowest BCUT2D eigenvalue weighted by atomic mass is 10.1. The summed E-state index contributed by atoms with van der Waals surface area (Å²) in [6, 6.07) is 8.28. The molecule has 1 unspecified atom stereocenters. The number of thiophene rings is 1. The van der Waals surface area contributed by atoms with Gasteiger partial charge in [0.05, 0.1) is 10.5 Å². The molecule has 0 aliphatic rings. The van der Waals surface area contributed by atoms with Gasteiger partial charge in [0.15, 0.2) is 0 Å². The molecule has 20 heavy (non-hydrogen) atoms. The summed E-state index contributed by atoms with van der Waals surface area (Å²) in [5.74, 6) is -0.358. The molecule has 106 valence electrons. The molecule has 2 aromatic rings. The van der Waals surface area contributed by atoms with Crippen molar-refractivity contribution < 1.29 is 8.60 Å². The van der Waals surface area contributed by atoms with Gasteiger partial charge in [-0.3, -0.25) is 0 Å². The molecule has 2 nitrogen and oxygen atoms in total. The number of nitrogens with zero attached hydrogens (tertiary/aromatic N) is 1. The number of hydrogen-bond donors (Lipinski definition) is 0. The average Bonchev–Trinajstić information content (AvgIpc) is 2.89. The first-order chi connectivity index (χ1) is 9.39. The van der Waals surface area contributed by atoms with E-state index in [9.17, 15) is 8.60 Å². The van der Waals surface area contributed by atoms with Crippen molar-refractivity contribution >= 4 is 28.0 Å². The van der Waals surface area contributed by atoms with Crippen LogP contribution < -0.4 is 0 Å². The van der Waals surface area contributed by atoms with Gasteiger partial charge in [0, 0.05) is 16.5 Å². The van der Waals surface area contributed by atoms with Gasteiger partial charge in [0.25, 0.3) is 0 Å². The maximum atomic E-state index is 14.0. The first-order valence-electron chi connectivity index (χ1n) is 6.18. The van der Waals surface area contributed by atoms with Crippen molar-refractivity contribution in [2.45, 2.75) is 25.5 Å². The summed E-state index contributed by atoms with van der Waals surface area (Å²) in [5, 5.41) is 3.77. The fourth-order valence-electron chi connectivity index (χ4n) is 1.53. The van der Waals surface area contributed by atoms with Gasteiger partial charge in [-0.2, -0.15) is 15.7 Å². The van der Waals surface area contributed by atoms with Crippen LogP contribution in [0.1, 0.15) is 31.9 Å². The number of benzene rings is 1. The molecule has 2 rings (SSSR count). The molecule has 0 radical (unpaired) electrons. The van der Waals surface area contributed by atoms with Crippen LogP contribution in [-0.4, -0.2) is 14.7 Å². The Kier molecular flexibility index (Phi) is 4.50. The molecule has 1 aromatic carbocycles. The lowest BCUT2D eigenvalue weighted by Crippen LogP contribution is -2.21. The summed E-state index contributed by atoms with van der Waals surface area (Å²) in [5.41, 5.74) is 1.61. The Morgan fingerprint density at radius 1 is 1.25 bits per heavy atom. The van der Waals surface area contributed by atoms with Crippen LogP contribution in [0.4, 0.5) is 4.39 Å². The lowest BCUT2D eigenvalue weighted by molar-refractivity contribution is 0.625. The second-order valence-corrected chi connectivity index (χ2v) is 7.98. The lowest BCUT2D eigenvalue weighted by Gasteiger charge is -2.15. The van der Waals surface area contributed by atoms with Crippen LogP contribution in [-0.2, 0) is 11.0 Å². The highest BCUT2D eigenvalue weighted by atomic mass is 32.2. The van der Waals surface area contributed by atoms with Gasteiger partial charge in [-0.1, -0.05) is 12.1 Å². The van der Waals surface area contributed by atoms with E-state index in [2.05, 4.69) is 4.40 Å². The Hall–Kier alpha value is -1.33. The van der Waals surface area contributed by atoms with Crippen molar-refractivity contribution in [3.8, 4) is 0 Å². The SMILES string of the molecule is CC(C)(C)S(=O)/N=C(\c1ccsc1)c1ccccc1F. The van der Waals surface area contributed by atoms with E-state index in [0.717, 1.165) is 5.56 Å². The predicted molar refractivity (Wildman–Crippen MR) is 84.3 cm³/mol. The monoisotopic (exact) mass is 309 g/mol. The quantitative estimate of drug-likeness (QED) is 0.782. The Morgan fingerprint density at radius 2 is 1.95 bits per heavy atom. The van der Waals surface area contributed by atoms with E-state index in [1.807, 2.05) is 37.6 Å². The Morgan fingerprint density at radius 3 is 2.50 bits per heavy atom. The minimum atomic E-state index is -1.43. The largest absolute Gasteiger partial charge is 0.234 e. The Balaban J connectivity index is 2.56. The third kappa shape index (κ3) is 3.41. The highest BCUT2D eigenvalue weighted by molar-refractivity contribution is 7.85. The zero-order valence-electron chi connectivity index (χ0n) is 11.6. The number of halogens is 1. The second-order valence-electron chi connectivity index (χ2n) is 5.29. The third-order valence-corrected chi connectivity index (χ3v) is 4.70. The van der Waals surface area contributed by atoms with Gasteiger partial charge < -0.3 is 0 Å².